The van der Waals surface area contributed by atoms with Crippen molar-refractivity contribution in [2.24, 2.45) is 0 Å². The van der Waals surface area contributed by atoms with Gasteiger partial charge in [0.15, 0.2) is 0 Å². The molecule has 68 valence electrons. The Morgan fingerprint density at radius 3 is 1.82 bits per heavy atom. The molecule has 1 heterocycles. The Kier molecular flexibility index (Phi) is 3.69. The maximum absolute atomic E-state index is 5.33. The molecule has 11 heavy (non-hydrogen) atoms. The van der Waals surface area contributed by atoms with Gasteiger partial charge in [-0.3, -0.25) is 0 Å². The molecular formula is C8H19NOS. The minimum Gasteiger partial charge on any atom is -0.227 e. The highest BCUT2D eigenvalue weighted by Gasteiger charge is 2.37. The van der Waals surface area contributed by atoms with E-state index in [1.165, 1.54) is 37.2 Å². The van der Waals surface area contributed by atoms with Crippen LogP contribution in [-0.4, -0.2) is 11.5 Å². The summed E-state index contributed by atoms with van der Waals surface area (Å²) < 4.78 is 5.33. The quantitative estimate of drug-likeness (QED) is 0.633. The van der Waals surface area contributed by atoms with Gasteiger partial charge in [0.05, 0.1) is 0 Å². The van der Waals surface area contributed by atoms with E-state index < -0.39 is 10.5 Å². The molecule has 1 rings (SSSR count). The lowest BCUT2D eigenvalue weighted by atomic mass is 10.4. The van der Waals surface area contributed by atoms with Crippen LogP contribution >= 0.6 is 10.5 Å². The van der Waals surface area contributed by atoms with E-state index in [9.17, 15) is 0 Å². The van der Waals surface area contributed by atoms with Gasteiger partial charge in [-0.15, -0.1) is 4.89 Å². The minimum absolute atomic E-state index is 0.706. The fraction of sp³-hybridized carbons (Fsp3) is 1.00. The second-order valence-corrected chi connectivity index (χ2v) is 5.87. The van der Waals surface area contributed by atoms with Crippen LogP contribution in [0.2, 0.25) is 0 Å². The molecular weight excluding hydrogens is 158 g/mol. The molecule has 2 nitrogen and oxygen atoms in total. The monoisotopic (exact) mass is 177 g/mol. The number of hydrogen-bond donors (Lipinski definition) is 1. The molecule has 1 saturated heterocycles. The van der Waals surface area contributed by atoms with Gasteiger partial charge in [-0.25, -0.2) is 4.28 Å². The van der Waals surface area contributed by atoms with Gasteiger partial charge in [-0.2, -0.15) is 0 Å². The fourth-order valence-corrected chi connectivity index (χ4v) is 3.50. The largest absolute Gasteiger partial charge is 0.227 e. The summed E-state index contributed by atoms with van der Waals surface area (Å²) in [5.74, 6) is 2.53. The van der Waals surface area contributed by atoms with E-state index in [4.69, 9.17) is 4.28 Å². The highest BCUT2D eigenvalue weighted by molar-refractivity contribution is 8.32. The normalized spacial score (nSPS) is 23.1. The lowest BCUT2D eigenvalue weighted by Crippen LogP contribution is -1.98. The molecule has 1 aliphatic rings. The van der Waals surface area contributed by atoms with Crippen LogP contribution in [0.4, 0.5) is 0 Å². The zero-order valence-electron chi connectivity index (χ0n) is 7.56. The van der Waals surface area contributed by atoms with E-state index in [0.29, 0.717) is 0 Å². The van der Waals surface area contributed by atoms with E-state index in [2.05, 4.69) is 18.7 Å². The average Bonchev–Trinajstić information content (AvgIpc) is 2.79. The van der Waals surface area contributed by atoms with Crippen LogP contribution in [0.15, 0.2) is 0 Å². The highest BCUT2D eigenvalue weighted by Crippen LogP contribution is 2.57. The summed E-state index contributed by atoms with van der Waals surface area (Å²) in [5.41, 5.74) is 0. The van der Waals surface area contributed by atoms with Gasteiger partial charge in [0.25, 0.3) is 0 Å². The third-order valence-corrected chi connectivity index (χ3v) is 4.51. The van der Waals surface area contributed by atoms with E-state index in [1.807, 2.05) is 0 Å². The van der Waals surface area contributed by atoms with Crippen LogP contribution in [0.25, 0.3) is 0 Å². The fourth-order valence-electron chi connectivity index (χ4n) is 1.07. The van der Waals surface area contributed by atoms with Crippen LogP contribution in [0.5, 0.6) is 0 Å². The third-order valence-electron chi connectivity index (χ3n) is 1.97. The Labute approximate surface area is 71.3 Å². The topological polar surface area (TPSA) is 34.5 Å². The van der Waals surface area contributed by atoms with Crippen LogP contribution in [0.1, 0.15) is 39.5 Å². The van der Waals surface area contributed by atoms with Crippen molar-refractivity contribution < 1.29 is 4.28 Å². The van der Waals surface area contributed by atoms with Crippen molar-refractivity contribution in [3.8, 4) is 0 Å². The number of rotatable bonds is 6. The Morgan fingerprint density at radius 1 is 1.09 bits per heavy atom. The summed E-state index contributed by atoms with van der Waals surface area (Å²) in [5, 5.41) is 0. The first-order valence-electron chi connectivity index (χ1n) is 4.57. The van der Waals surface area contributed by atoms with E-state index in [0.717, 1.165) is 0 Å². The SMILES string of the molecule is CCCCS1(CCCC)NO1. The first-order chi connectivity index (χ1) is 5.33. The van der Waals surface area contributed by atoms with Crippen LogP contribution in [0, 0.1) is 0 Å². The Balaban J connectivity index is 2.08. The molecule has 0 aromatic carbocycles. The maximum Gasteiger partial charge on any atom is 0.0153 e. The molecule has 0 unspecified atom stereocenters. The van der Waals surface area contributed by atoms with Crippen LogP contribution < -0.4 is 4.89 Å². The van der Waals surface area contributed by atoms with Crippen molar-refractivity contribution in [1.82, 2.24) is 4.89 Å². The molecule has 3 heteroatoms. The van der Waals surface area contributed by atoms with E-state index >= 15 is 0 Å². The van der Waals surface area contributed by atoms with E-state index in [1.54, 1.807) is 0 Å². The van der Waals surface area contributed by atoms with Gasteiger partial charge in [-0.05, 0) is 23.3 Å². The molecule has 0 bridgehead atoms. The highest BCUT2D eigenvalue weighted by atomic mass is 32.3. The van der Waals surface area contributed by atoms with Gasteiger partial charge < -0.3 is 0 Å². The van der Waals surface area contributed by atoms with Crippen LogP contribution in [-0.2, 0) is 4.28 Å². The Morgan fingerprint density at radius 2 is 1.55 bits per heavy atom. The molecule has 0 aromatic heterocycles. The summed E-state index contributed by atoms with van der Waals surface area (Å²) in [4.78, 5) is 3.10. The Hall–Kier alpha value is 0.270. The predicted molar refractivity (Wildman–Crippen MR) is 51.4 cm³/mol. The number of nitrogens with one attached hydrogen (secondary N) is 1. The second kappa shape index (κ2) is 4.33. The van der Waals surface area contributed by atoms with Gasteiger partial charge in [0.2, 0.25) is 0 Å². The number of unbranched alkanes of at least 4 members (excludes halogenated alkanes) is 2. The molecule has 0 aromatic rings. The molecule has 1 aliphatic heterocycles. The number of hydrogen-bond acceptors (Lipinski definition) is 2. The maximum atomic E-state index is 5.33. The molecule has 0 atom stereocenters. The molecule has 1 N–H and O–H groups in total. The summed E-state index contributed by atoms with van der Waals surface area (Å²) in [6, 6.07) is 0. The van der Waals surface area contributed by atoms with Crippen LogP contribution in [0.3, 0.4) is 0 Å². The lowest BCUT2D eigenvalue weighted by Gasteiger charge is -2.11. The van der Waals surface area contributed by atoms with Gasteiger partial charge >= 0.3 is 0 Å². The van der Waals surface area contributed by atoms with E-state index in [-0.39, 0.29) is 0 Å². The molecule has 0 spiro atoms. The molecule has 0 radical (unpaired) electrons. The van der Waals surface area contributed by atoms with Gasteiger partial charge in [0.1, 0.15) is 0 Å². The minimum atomic E-state index is -0.706. The summed E-state index contributed by atoms with van der Waals surface area (Å²) in [6.07, 6.45) is 5.19. The molecule has 0 aliphatic carbocycles. The second-order valence-electron chi connectivity index (χ2n) is 3.09. The van der Waals surface area contributed by atoms with Gasteiger partial charge in [0, 0.05) is 11.5 Å². The molecule has 0 amide bonds. The van der Waals surface area contributed by atoms with Crippen molar-refractivity contribution in [3.63, 3.8) is 0 Å². The lowest BCUT2D eigenvalue weighted by molar-refractivity contribution is 0.466. The summed E-state index contributed by atoms with van der Waals surface area (Å²) in [7, 11) is -0.706. The average molecular weight is 177 g/mol. The molecule has 0 saturated carbocycles. The smallest absolute Gasteiger partial charge is 0.0153 e. The zero-order chi connectivity index (χ0) is 8.16. The summed E-state index contributed by atoms with van der Waals surface area (Å²) in [6.45, 7) is 4.46. The third kappa shape index (κ3) is 3.01. The van der Waals surface area contributed by atoms with Crippen molar-refractivity contribution in [2.45, 2.75) is 39.5 Å². The Bertz CT molecular complexity index is 105. The first-order valence-corrected chi connectivity index (χ1v) is 6.46. The van der Waals surface area contributed by atoms with Crippen molar-refractivity contribution in [1.29, 1.82) is 0 Å². The van der Waals surface area contributed by atoms with Crippen molar-refractivity contribution in [3.05, 3.63) is 0 Å². The zero-order valence-corrected chi connectivity index (χ0v) is 8.38. The van der Waals surface area contributed by atoms with Gasteiger partial charge in [-0.1, -0.05) is 26.7 Å². The summed E-state index contributed by atoms with van der Waals surface area (Å²) >= 11 is 0. The predicted octanol–water partition coefficient (Wildman–Crippen LogP) is 2.76. The first kappa shape index (κ1) is 9.36. The van der Waals surface area contributed by atoms with Crippen molar-refractivity contribution in [2.75, 3.05) is 11.5 Å². The standard InChI is InChI=1S/C8H19NOS/c1-3-5-7-11(9-10-11)8-6-4-2/h9H,3-8H2,1-2H3. The molecule has 1 fully saturated rings. The van der Waals surface area contributed by atoms with Crippen molar-refractivity contribution >= 4 is 10.5 Å².